The zero-order valence-corrected chi connectivity index (χ0v) is 17.5. The van der Waals surface area contributed by atoms with E-state index in [1.54, 1.807) is 30.2 Å². The highest BCUT2D eigenvalue weighted by Gasteiger charge is 2.30. The van der Waals surface area contributed by atoms with E-state index in [2.05, 4.69) is 0 Å². The predicted octanol–water partition coefficient (Wildman–Crippen LogP) is 2.64. The molecule has 1 unspecified atom stereocenters. The lowest BCUT2D eigenvalue weighted by molar-refractivity contribution is -0.133. The van der Waals surface area contributed by atoms with Crippen LogP contribution in [0.15, 0.2) is 53.1 Å². The number of amides is 1. The Labute approximate surface area is 172 Å². The molecule has 7 nitrogen and oxygen atoms in total. The van der Waals surface area contributed by atoms with Crippen LogP contribution in [0.5, 0.6) is 0 Å². The monoisotopic (exact) mass is 420 g/mol. The number of sulfonamides is 1. The Morgan fingerprint density at radius 2 is 1.93 bits per heavy atom. The number of ether oxygens (including phenoxy) is 1. The van der Waals surface area contributed by atoms with Crippen LogP contribution in [0.2, 0.25) is 0 Å². The summed E-state index contributed by atoms with van der Waals surface area (Å²) in [6, 6.07) is 13.2. The average molecular weight is 421 g/mol. The molecule has 2 heterocycles. The number of nitrogens with zero attached hydrogens (tertiary/aromatic N) is 2. The second kappa shape index (κ2) is 10.0. The Bertz CT molecular complexity index is 862. The summed E-state index contributed by atoms with van der Waals surface area (Å²) in [5, 5.41) is 0. The van der Waals surface area contributed by atoms with Gasteiger partial charge in [0, 0.05) is 19.7 Å². The van der Waals surface area contributed by atoms with Gasteiger partial charge in [-0.05, 0) is 37.5 Å². The molecular weight excluding hydrogens is 392 g/mol. The number of carbonyl (C=O) groups is 1. The lowest BCUT2D eigenvalue weighted by atomic mass is 10.2. The third kappa shape index (κ3) is 6.16. The molecule has 0 aliphatic carbocycles. The van der Waals surface area contributed by atoms with Crippen molar-refractivity contribution in [2.75, 3.05) is 25.4 Å². The summed E-state index contributed by atoms with van der Waals surface area (Å²) in [7, 11) is -3.53. The van der Waals surface area contributed by atoms with Gasteiger partial charge in [-0.3, -0.25) is 4.79 Å². The number of furan rings is 1. The van der Waals surface area contributed by atoms with Crippen molar-refractivity contribution in [2.24, 2.45) is 0 Å². The summed E-state index contributed by atoms with van der Waals surface area (Å²) in [5.74, 6) is 0.336. The molecule has 1 aliphatic heterocycles. The lowest BCUT2D eigenvalue weighted by Crippen LogP contribution is -2.45. The van der Waals surface area contributed by atoms with E-state index in [9.17, 15) is 13.2 Å². The van der Waals surface area contributed by atoms with Gasteiger partial charge >= 0.3 is 0 Å². The van der Waals surface area contributed by atoms with Crippen LogP contribution in [0.4, 0.5) is 0 Å². The Balaban J connectivity index is 1.76. The van der Waals surface area contributed by atoms with Gasteiger partial charge < -0.3 is 14.1 Å². The summed E-state index contributed by atoms with van der Waals surface area (Å²) in [4.78, 5) is 14.8. The summed E-state index contributed by atoms with van der Waals surface area (Å²) < 4.78 is 37.5. The van der Waals surface area contributed by atoms with E-state index in [-0.39, 0.29) is 37.4 Å². The van der Waals surface area contributed by atoms with E-state index in [1.165, 1.54) is 4.31 Å². The maximum absolute atomic E-state index is 13.2. The van der Waals surface area contributed by atoms with Gasteiger partial charge in [0.2, 0.25) is 15.9 Å². The van der Waals surface area contributed by atoms with E-state index in [4.69, 9.17) is 9.15 Å². The number of benzene rings is 1. The van der Waals surface area contributed by atoms with Crippen LogP contribution < -0.4 is 0 Å². The van der Waals surface area contributed by atoms with Crippen molar-refractivity contribution in [3.05, 3.63) is 60.1 Å². The fourth-order valence-electron chi connectivity index (χ4n) is 3.35. The van der Waals surface area contributed by atoms with Gasteiger partial charge in [0.25, 0.3) is 0 Å². The van der Waals surface area contributed by atoms with Crippen LogP contribution in [-0.4, -0.2) is 55.1 Å². The maximum Gasteiger partial charge on any atom is 0.238 e. The highest BCUT2D eigenvalue weighted by Crippen LogP contribution is 2.17. The fraction of sp³-hybridized carbons (Fsp3) is 0.476. The molecule has 1 aromatic carbocycles. The third-order valence-electron chi connectivity index (χ3n) is 5.00. The second-order valence-electron chi connectivity index (χ2n) is 7.14. The molecule has 0 bridgehead atoms. The summed E-state index contributed by atoms with van der Waals surface area (Å²) >= 11 is 0. The molecule has 0 saturated carbocycles. The smallest absolute Gasteiger partial charge is 0.238 e. The van der Waals surface area contributed by atoms with Crippen molar-refractivity contribution in [1.29, 1.82) is 0 Å². The molecule has 0 N–H and O–H groups in total. The number of rotatable bonds is 10. The molecule has 8 heteroatoms. The molecule has 1 atom stereocenters. The van der Waals surface area contributed by atoms with Gasteiger partial charge in [0.1, 0.15) is 5.76 Å². The van der Waals surface area contributed by atoms with Crippen molar-refractivity contribution in [2.45, 2.75) is 39.0 Å². The van der Waals surface area contributed by atoms with Gasteiger partial charge in [0.05, 0.1) is 31.2 Å². The molecule has 3 rings (SSSR count). The molecule has 29 heavy (non-hydrogen) atoms. The highest BCUT2D eigenvalue weighted by molar-refractivity contribution is 7.89. The minimum atomic E-state index is -3.53. The molecule has 158 valence electrons. The Morgan fingerprint density at radius 1 is 1.14 bits per heavy atom. The van der Waals surface area contributed by atoms with Gasteiger partial charge in [-0.2, -0.15) is 4.31 Å². The molecule has 1 amide bonds. The van der Waals surface area contributed by atoms with Gasteiger partial charge in [-0.1, -0.05) is 30.3 Å². The van der Waals surface area contributed by atoms with Crippen LogP contribution in [0, 0.1) is 0 Å². The zero-order valence-electron chi connectivity index (χ0n) is 16.7. The topological polar surface area (TPSA) is 80.1 Å². The number of carbonyl (C=O) groups excluding carboxylic acids is 1. The first kappa shape index (κ1) is 21.5. The van der Waals surface area contributed by atoms with Crippen molar-refractivity contribution in [3.8, 4) is 0 Å². The first-order valence-electron chi connectivity index (χ1n) is 9.91. The number of hydrogen-bond donors (Lipinski definition) is 0. The lowest BCUT2D eigenvalue weighted by Gasteiger charge is -2.28. The molecular formula is C21H28N2O5S. The van der Waals surface area contributed by atoms with Crippen molar-refractivity contribution >= 4 is 15.9 Å². The van der Waals surface area contributed by atoms with Crippen LogP contribution in [-0.2, 0) is 32.6 Å². The molecule has 0 radical (unpaired) electrons. The second-order valence-corrected chi connectivity index (χ2v) is 9.40. The van der Waals surface area contributed by atoms with Crippen LogP contribution in [0.25, 0.3) is 0 Å². The van der Waals surface area contributed by atoms with Crippen molar-refractivity contribution in [3.63, 3.8) is 0 Å². The van der Waals surface area contributed by atoms with E-state index in [1.807, 2.05) is 30.3 Å². The van der Waals surface area contributed by atoms with Gasteiger partial charge in [0.15, 0.2) is 0 Å². The standard InChI is InChI=1S/C21H28N2O5S/c1-2-29(25,26)23(16-20-11-7-13-28-20)17-21(24)22(15-19-10-6-12-27-19)14-18-8-4-3-5-9-18/h3-6,8-10,12,20H,2,7,11,13-17H2,1H3. The number of hydrogen-bond acceptors (Lipinski definition) is 5. The SMILES string of the molecule is CCS(=O)(=O)N(CC(=O)N(Cc1ccccc1)Cc1ccco1)CC1CCCO1. The van der Waals surface area contributed by atoms with Crippen LogP contribution in [0.3, 0.4) is 0 Å². The first-order valence-corrected chi connectivity index (χ1v) is 11.5. The molecule has 1 fully saturated rings. The summed E-state index contributed by atoms with van der Waals surface area (Å²) in [6.07, 6.45) is 3.13. The van der Waals surface area contributed by atoms with Gasteiger partial charge in [-0.25, -0.2) is 8.42 Å². The van der Waals surface area contributed by atoms with Gasteiger partial charge in [-0.15, -0.1) is 0 Å². The van der Waals surface area contributed by atoms with E-state index >= 15 is 0 Å². The van der Waals surface area contributed by atoms with Crippen molar-refractivity contribution < 1.29 is 22.4 Å². The predicted molar refractivity (Wildman–Crippen MR) is 109 cm³/mol. The largest absolute Gasteiger partial charge is 0.467 e. The normalized spacial score (nSPS) is 17.0. The van der Waals surface area contributed by atoms with Crippen LogP contribution >= 0.6 is 0 Å². The van der Waals surface area contributed by atoms with E-state index in [0.29, 0.717) is 18.9 Å². The molecule has 1 saturated heterocycles. The minimum absolute atomic E-state index is 0.0517. The quantitative estimate of drug-likeness (QED) is 0.590. The summed E-state index contributed by atoms with van der Waals surface area (Å²) in [5.41, 5.74) is 0.969. The van der Waals surface area contributed by atoms with E-state index < -0.39 is 10.0 Å². The minimum Gasteiger partial charge on any atom is -0.467 e. The Kier molecular flexibility index (Phi) is 7.46. The first-order chi connectivity index (χ1) is 14.0. The molecule has 1 aliphatic rings. The maximum atomic E-state index is 13.2. The van der Waals surface area contributed by atoms with Crippen molar-refractivity contribution in [1.82, 2.24) is 9.21 Å². The Hall–Kier alpha value is -2.16. The molecule has 2 aromatic rings. The van der Waals surface area contributed by atoms with Crippen LogP contribution in [0.1, 0.15) is 31.1 Å². The zero-order chi connectivity index (χ0) is 20.7. The fourth-order valence-corrected chi connectivity index (χ4v) is 4.42. The van der Waals surface area contributed by atoms with E-state index in [0.717, 1.165) is 18.4 Å². The highest BCUT2D eigenvalue weighted by atomic mass is 32.2. The Morgan fingerprint density at radius 3 is 2.55 bits per heavy atom. The molecule has 1 aromatic heterocycles. The average Bonchev–Trinajstić information content (AvgIpc) is 3.42. The molecule has 0 spiro atoms. The third-order valence-corrected chi connectivity index (χ3v) is 6.79. The summed E-state index contributed by atoms with van der Waals surface area (Å²) in [6.45, 7) is 2.89.